The largest absolute Gasteiger partial charge is 0.175 e. The molecule has 1 aromatic rings. The molecule has 0 atom stereocenters. The van der Waals surface area contributed by atoms with Crippen LogP contribution < -0.4 is 0 Å². The molecule has 0 aromatic carbocycles. The predicted molar refractivity (Wildman–Crippen MR) is 60.5 cm³/mol. The van der Waals surface area contributed by atoms with Gasteiger partial charge < -0.3 is 0 Å². The first-order valence-corrected chi connectivity index (χ1v) is 6.68. The van der Waals surface area contributed by atoms with Gasteiger partial charge in [0.25, 0.3) is 0 Å². The van der Waals surface area contributed by atoms with Gasteiger partial charge in [0.05, 0.1) is 0 Å². The topological polar surface area (TPSA) is 25.8 Å². The summed E-state index contributed by atoms with van der Waals surface area (Å²) in [6, 6.07) is 0. The van der Waals surface area contributed by atoms with Gasteiger partial charge in [0.15, 0.2) is 8.68 Å². The van der Waals surface area contributed by atoms with E-state index in [1.165, 1.54) is 0 Å². The quantitative estimate of drug-likeness (QED) is 0.441. The lowest BCUT2D eigenvalue weighted by Crippen LogP contribution is -1.75. The lowest BCUT2D eigenvalue weighted by molar-refractivity contribution is 0.954. The Morgan fingerprint density at radius 1 is 1.38 bits per heavy atom. The molecule has 2 nitrogen and oxygen atoms in total. The molecule has 5 heteroatoms. The first-order valence-electron chi connectivity index (χ1n) is 3.89. The Labute approximate surface area is 90.9 Å². The average Bonchev–Trinajstić information content (AvgIpc) is 2.54. The standard InChI is InChI=1S/C8H10N2S3/c1-3-5-6-12-8-10-9-7(13-8)11-4-2/h1H,4-6H2,2H3. The second-order valence-electron chi connectivity index (χ2n) is 2.07. The van der Waals surface area contributed by atoms with Gasteiger partial charge in [0.2, 0.25) is 0 Å². The van der Waals surface area contributed by atoms with E-state index < -0.39 is 0 Å². The number of hydrogen-bond donors (Lipinski definition) is 0. The summed E-state index contributed by atoms with van der Waals surface area (Å²) in [6.45, 7) is 2.11. The van der Waals surface area contributed by atoms with Crippen molar-refractivity contribution in [1.82, 2.24) is 10.2 Å². The Morgan fingerprint density at radius 2 is 2.08 bits per heavy atom. The molecule has 0 unspecified atom stereocenters. The summed E-state index contributed by atoms with van der Waals surface area (Å²) < 4.78 is 2.07. The maximum absolute atomic E-state index is 5.15. The van der Waals surface area contributed by atoms with Gasteiger partial charge in [0, 0.05) is 12.2 Å². The average molecular weight is 230 g/mol. The third kappa shape index (κ3) is 4.03. The SMILES string of the molecule is C#CCCSc1nnc(SCC)s1. The van der Waals surface area contributed by atoms with Gasteiger partial charge >= 0.3 is 0 Å². The van der Waals surface area contributed by atoms with Crippen LogP contribution in [0.3, 0.4) is 0 Å². The van der Waals surface area contributed by atoms with Gasteiger partial charge in [-0.3, -0.25) is 0 Å². The zero-order valence-electron chi connectivity index (χ0n) is 7.32. The number of aromatic nitrogens is 2. The van der Waals surface area contributed by atoms with E-state index in [2.05, 4.69) is 23.0 Å². The second kappa shape index (κ2) is 6.30. The molecule has 0 aliphatic heterocycles. The normalized spacial score (nSPS) is 9.85. The summed E-state index contributed by atoms with van der Waals surface area (Å²) in [4.78, 5) is 0. The molecule has 13 heavy (non-hydrogen) atoms. The van der Waals surface area contributed by atoms with Crippen LogP contribution in [0.15, 0.2) is 8.68 Å². The van der Waals surface area contributed by atoms with Crippen LogP contribution in [0.25, 0.3) is 0 Å². The van der Waals surface area contributed by atoms with Crippen LogP contribution in [0.5, 0.6) is 0 Å². The summed E-state index contributed by atoms with van der Waals surface area (Å²) >= 11 is 5.05. The first kappa shape index (κ1) is 10.9. The van der Waals surface area contributed by atoms with Crippen LogP contribution in [0.1, 0.15) is 13.3 Å². The number of nitrogens with zero attached hydrogens (tertiary/aromatic N) is 2. The van der Waals surface area contributed by atoms with E-state index >= 15 is 0 Å². The van der Waals surface area contributed by atoms with Crippen molar-refractivity contribution in [2.24, 2.45) is 0 Å². The maximum atomic E-state index is 5.15. The summed E-state index contributed by atoms with van der Waals surface area (Å²) in [7, 11) is 0. The minimum Gasteiger partial charge on any atom is -0.131 e. The third-order valence-corrected chi connectivity index (χ3v) is 4.20. The van der Waals surface area contributed by atoms with E-state index in [-0.39, 0.29) is 0 Å². The molecule has 70 valence electrons. The molecule has 0 saturated heterocycles. The molecular formula is C8H10N2S3. The van der Waals surface area contributed by atoms with Gasteiger partial charge in [-0.2, -0.15) is 0 Å². The van der Waals surface area contributed by atoms with Crippen molar-refractivity contribution in [3.63, 3.8) is 0 Å². The van der Waals surface area contributed by atoms with Crippen LogP contribution in [0.2, 0.25) is 0 Å². The van der Waals surface area contributed by atoms with E-state index in [0.717, 1.165) is 26.6 Å². The molecule has 0 fully saturated rings. The Kier molecular flexibility index (Phi) is 5.28. The van der Waals surface area contributed by atoms with Gasteiger partial charge in [-0.1, -0.05) is 41.8 Å². The molecule has 0 amide bonds. The number of terminal acetylenes is 1. The van der Waals surface area contributed by atoms with Crippen molar-refractivity contribution in [3.05, 3.63) is 0 Å². The lowest BCUT2D eigenvalue weighted by Gasteiger charge is -1.88. The van der Waals surface area contributed by atoms with Crippen molar-refractivity contribution in [2.45, 2.75) is 22.0 Å². The summed E-state index contributed by atoms with van der Waals surface area (Å²) in [5, 5.41) is 8.09. The van der Waals surface area contributed by atoms with Gasteiger partial charge in [0.1, 0.15) is 0 Å². The Hall–Kier alpha value is -0.180. The monoisotopic (exact) mass is 230 g/mol. The maximum Gasteiger partial charge on any atom is 0.175 e. The zero-order chi connectivity index (χ0) is 9.52. The number of thioether (sulfide) groups is 2. The second-order valence-corrected chi connectivity index (χ2v) is 5.90. The molecular weight excluding hydrogens is 220 g/mol. The van der Waals surface area contributed by atoms with Crippen molar-refractivity contribution in [3.8, 4) is 12.3 Å². The molecule has 0 aliphatic carbocycles. The molecule has 0 bridgehead atoms. The summed E-state index contributed by atoms with van der Waals surface area (Å²) in [6.07, 6.45) is 5.94. The van der Waals surface area contributed by atoms with E-state index in [1.54, 1.807) is 34.9 Å². The highest BCUT2D eigenvalue weighted by Crippen LogP contribution is 2.28. The van der Waals surface area contributed by atoms with E-state index in [4.69, 9.17) is 6.42 Å². The van der Waals surface area contributed by atoms with E-state index in [0.29, 0.717) is 0 Å². The summed E-state index contributed by atoms with van der Waals surface area (Å²) in [5.74, 6) is 4.58. The fraction of sp³-hybridized carbons (Fsp3) is 0.500. The molecule has 0 N–H and O–H groups in total. The van der Waals surface area contributed by atoms with Crippen molar-refractivity contribution >= 4 is 34.9 Å². The van der Waals surface area contributed by atoms with Gasteiger partial charge in [-0.05, 0) is 5.75 Å². The van der Waals surface area contributed by atoms with Crippen molar-refractivity contribution in [1.29, 1.82) is 0 Å². The summed E-state index contributed by atoms with van der Waals surface area (Å²) in [5.41, 5.74) is 0. The van der Waals surface area contributed by atoms with E-state index in [9.17, 15) is 0 Å². The fourth-order valence-corrected chi connectivity index (χ4v) is 3.49. The van der Waals surface area contributed by atoms with Crippen LogP contribution in [0, 0.1) is 12.3 Å². The Balaban J connectivity index is 2.36. The fourth-order valence-electron chi connectivity index (χ4n) is 0.635. The number of rotatable bonds is 5. The van der Waals surface area contributed by atoms with Crippen LogP contribution in [-0.4, -0.2) is 21.7 Å². The smallest absolute Gasteiger partial charge is 0.131 e. The number of hydrogen-bond acceptors (Lipinski definition) is 5. The minimum atomic E-state index is 0.792. The molecule has 0 radical (unpaired) electrons. The molecule has 1 heterocycles. The minimum absolute atomic E-state index is 0.792. The Bertz CT molecular complexity index is 290. The molecule has 0 spiro atoms. The molecule has 1 rings (SSSR count). The first-order chi connectivity index (χ1) is 6.36. The van der Waals surface area contributed by atoms with E-state index in [1.807, 2.05) is 0 Å². The third-order valence-electron chi connectivity index (χ3n) is 1.13. The van der Waals surface area contributed by atoms with Crippen LogP contribution in [-0.2, 0) is 0 Å². The van der Waals surface area contributed by atoms with Crippen LogP contribution in [0.4, 0.5) is 0 Å². The highest BCUT2D eigenvalue weighted by molar-refractivity contribution is 8.03. The Morgan fingerprint density at radius 3 is 2.69 bits per heavy atom. The van der Waals surface area contributed by atoms with Crippen molar-refractivity contribution in [2.75, 3.05) is 11.5 Å². The lowest BCUT2D eigenvalue weighted by atomic mass is 10.5. The van der Waals surface area contributed by atoms with Crippen LogP contribution >= 0.6 is 34.9 Å². The molecule has 0 aliphatic rings. The highest BCUT2D eigenvalue weighted by Gasteiger charge is 2.03. The molecule has 1 aromatic heterocycles. The highest BCUT2D eigenvalue weighted by atomic mass is 32.2. The van der Waals surface area contributed by atoms with Gasteiger partial charge in [-0.25, -0.2) is 0 Å². The van der Waals surface area contributed by atoms with Gasteiger partial charge in [-0.15, -0.1) is 22.5 Å². The van der Waals surface area contributed by atoms with Crippen molar-refractivity contribution < 1.29 is 0 Å². The molecule has 0 saturated carbocycles. The zero-order valence-corrected chi connectivity index (χ0v) is 9.77. The predicted octanol–water partition coefficient (Wildman–Crippen LogP) is 2.77.